The number of aryl methyl sites for hydroxylation is 1. The molecule has 0 aliphatic carbocycles. The first-order valence-corrected chi connectivity index (χ1v) is 10.0. The van der Waals surface area contributed by atoms with Gasteiger partial charge in [0.05, 0.1) is 39.9 Å². The molecule has 1 amide bonds. The van der Waals surface area contributed by atoms with E-state index in [2.05, 4.69) is 10.3 Å². The van der Waals surface area contributed by atoms with Crippen LogP contribution in [0.25, 0.3) is 10.6 Å². The number of pyridine rings is 1. The number of aromatic nitrogens is 1. The molecule has 1 unspecified atom stereocenters. The molecule has 9 nitrogen and oxygen atoms in total. The molecule has 0 saturated heterocycles. The van der Waals surface area contributed by atoms with Crippen LogP contribution in [0.5, 0.6) is 5.75 Å². The predicted octanol–water partition coefficient (Wildman–Crippen LogP) is 4.22. The number of nitrogens with one attached hydrogen (secondary N) is 1. The van der Waals surface area contributed by atoms with E-state index >= 15 is 0 Å². The molecule has 0 spiro atoms. The second kappa shape index (κ2) is 9.35. The highest BCUT2D eigenvalue weighted by molar-refractivity contribution is 7.13. The lowest BCUT2D eigenvalue weighted by Gasteiger charge is -2.15. The van der Waals surface area contributed by atoms with Crippen molar-refractivity contribution in [3.8, 4) is 16.3 Å². The number of rotatable bonds is 7. The van der Waals surface area contributed by atoms with E-state index in [4.69, 9.17) is 9.47 Å². The van der Waals surface area contributed by atoms with Gasteiger partial charge in [-0.3, -0.25) is 19.9 Å². The number of anilines is 1. The highest BCUT2D eigenvalue weighted by Gasteiger charge is 2.24. The minimum absolute atomic E-state index is 0.0307. The highest BCUT2D eigenvalue weighted by Crippen LogP contribution is 2.29. The Bertz CT molecular complexity index is 1130. The number of nitro benzene ring substituents is 1. The molecule has 0 radical (unpaired) electrons. The van der Waals surface area contributed by atoms with Gasteiger partial charge in [-0.15, -0.1) is 11.3 Å². The van der Waals surface area contributed by atoms with Crippen LogP contribution in [0.4, 0.5) is 11.4 Å². The van der Waals surface area contributed by atoms with Gasteiger partial charge in [0.2, 0.25) is 0 Å². The fourth-order valence-corrected chi connectivity index (χ4v) is 3.44. The van der Waals surface area contributed by atoms with E-state index in [1.54, 1.807) is 19.1 Å². The van der Waals surface area contributed by atoms with Crippen LogP contribution in [0.3, 0.4) is 0 Å². The van der Waals surface area contributed by atoms with Gasteiger partial charge in [-0.1, -0.05) is 6.07 Å². The molecule has 0 fully saturated rings. The lowest BCUT2D eigenvalue weighted by atomic mass is 10.1. The zero-order valence-electron chi connectivity index (χ0n) is 16.9. The molecule has 31 heavy (non-hydrogen) atoms. The minimum atomic E-state index is -1.19. The summed E-state index contributed by atoms with van der Waals surface area (Å²) in [6.45, 7) is 3.06. The number of methoxy groups -OCH3 is 1. The zero-order valence-corrected chi connectivity index (χ0v) is 17.8. The summed E-state index contributed by atoms with van der Waals surface area (Å²) in [5.74, 6) is -1.14. The molecule has 10 heteroatoms. The zero-order chi connectivity index (χ0) is 22.5. The molecule has 0 saturated carbocycles. The fraction of sp³-hybridized carbons (Fsp3) is 0.190. The van der Waals surface area contributed by atoms with E-state index < -0.39 is 22.9 Å². The highest BCUT2D eigenvalue weighted by atomic mass is 32.1. The van der Waals surface area contributed by atoms with Gasteiger partial charge in [-0.25, -0.2) is 4.79 Å². The third-order valence-electron chi connectivity index (χ3n) is 4.39. The Morgan fingerprint density at radius 3 is 2.61 bits per heavy atom. The van der Waals surface area contributed by atoms with Crippen molar-refractivity contribution < 1.29 is 24.0 Å². The van der Waals surface area contributed by atoms with E-state index in [0.717, 1.165) is 10.6 Å². The number of esters is 1. The van der Waals surface area contributed by atoms with E-state index in [1.807, 2.05) is 17.5 Å². The first-order chi connectivity index (χ1) is 14.8. The van der Waals surface area contributed by atoms with Gasteiger partial charge in [0.15, 0.2) is 6.10 Å². The molecule has 0 aliphatic heterocycles. The average Bonchev–Trinajstić information content (AvgIpc) is 3.28. The van der Waals surface area contributed by atoms with E-state index in [-0.39, 0.29) is 22.7 Å². The van der Waals surface area contributed by atoms with Crippen molar-refractivity contribution in [2.75, 3.05) is 12.4 Å². The third-order valence-corrected chi connectivity index (χ3v) is 5.28. The summed E-state index contributed by atoms with van der Waals surface area (Å²) in [5.41, 5.74) is 1.07. The summed E-state index contributed by atoms with van der Waals surface area (Å²) in [4.78, 5) is 41.0. The molecule has 160 valence electrons. The van der Waals surface area contributed by atoms with Crippen LogP contribution < -0.4 is 10.1 Å². The van der Waals surface area contributed by atoms with Crippen molar-refractivity contribution in [1.29, 1.82) is 0 Å². The molecule has 2 heterocycles. The van der Waals surface area contributed by atoms with Gasteiger partial charge in [-0.2, -0.15) is 0 Å². The van der Waals surface area contributed by atoms with Gasteiger partial charge in [0.1, 0.15) is 11.4 Å². The number of hydrogen-bond acceptors (Lipinski definition) is 8. The SMILES string of the molecule is COc1ccc(NC(=O)C(C)OC(=O)c2ccc(-c3cccs3)nc2C)c([N+](=O)[O-])c1. The van der Waals surface area contributed by atoms with Gasteiger partial charge >= 0.3 is 5.97 Å². The van der Waals surface area contributed by atoms with Crippen molar-refractivity contribution in [3.63, 3.8) is 0 Å². The van der Waals surface area contributed by atoms with Crippen molar-refractivity contribution in [2.45, 2.75) is 20.0 Å². The monoisotopic (exact) mass is 441 g/mol. The van der Waals surface area contributed by atoms with Crippen LogP contribution in [0.15, 0.2) is 47.8 Å². The summed E-state index contributed by atoms with van der Waals surface area (Å²) in [7, 11) is 1.38. The number of carbonyl (C=O) groups excluding carboxylic acids is 2. The van der Waals surface area contributed by atoms with Gasteiger partial charge < -0.3 is 14.8 Å². The van der Waals surface area contributed by atoms with E-state index in [0.29, 0.717) is 5.69 Å². The average molecular weight is 441 g/mol. The van der Waals surface area contributed by atoms with E-state index in [1.165, 1.54) is 43.6 Å². The molecular weight excluding hydrogens is 422 g/mol. The summed E-state index contributed by atoms with van der Waals surface area (Å²) < 4.78 is 10.2. The Hall–Kier alpha value is -3.79. The molecule has 3 rings (SSSR count). The minimum Gasteiger partial charge on any atom is -0.496 e. The first kappa shape index (κ1) is 21.9. The number of carbonyl (C=O) groups is 2. The smallest absolute Gasteiger partial charge is 0.340 e. The molecule has 1 N–H and O–H groups in total. The number of amides is 1. The molecule has 0 bridgehead atoms. The topological polar surface area (TPSA) is 121 Å². The standard InChI is InChI=1S/C21H19N3O6S/c1-12-15(7-9-17(22-12)19-5-4-10-31-19)21(26)30-13(2)20(25)23-16-8-6-14(29-3)11-18(16)24(27)28/h4-11,13H,1-3H3,(H,23,25). The molecule has 1 atom stereocenters. The maximum Gasteiger partial charge on any atom is 0.340 e. The Morgan fingerprint density at radius 1 is 1.23 bits per heavy atom. The summed E-state index contributed by atoms with van der Waals surface area (Å²) in [5, 5.41) is 15.6. The van der Waals surface area contributed by atoms with E-state index in [9.17, 15) is 19.7 Å². The van der Waals surface area contributed by atoms with Crippen molar-refractivity contribution in [2.24, 2.45) is 0 Å². The van der Waals surface area contributed by atoms with Gasteiger partial charge in [0.25, 0.3) is 11.6 Å². The Morgan fingerprint density at radius 2 is 2.00 bits per heavy atom. The van der Waals surface area contributed by atoms with Crippen LogP contribution in [0, 0.1) is 17.0 Å². The Kier molecular flexibility index (Phi) is 6.61. The van der Waals surface area contributed by atoms with Crippen LogP contribution >= 0.6 is 11.3 Å². The summed E-state index contributed by atoms with van der Waals surface area (Å²) in [6.07, 6.45) is -1.19. The second-order valence-electron chi connectivity index (χ2n) is 6.48. The molecule has 0 aliphatic rings. The lowest BCUT2D eigenvalue weighted by molar-refractivity contribution is -0.384. The maximum absolute atomic E-state index is 12.5. The summed E-state index contributed by atoms with van der Waals surface area (Å²) in [6, 6.07) is 11.2. The van der Waals surface area contributed by atoms with Crippen LogP contribution in [0.2, 0.25) is 0 Å². The predicted molar refractivity (Wildman–Crippen MR) is 115 cm³/mol. The second-order valence-corrected chi connectivity index (χ2v) is 7.43. The lowest BCUT2D eigenvalue weighted by Crippen LogP contribution is -2.30. The fourth-order valence-electron chi connectivity index (χ4n) is 2.75. The van der Waals surface area contributed by atoms with Crippen molar-refractivity contribution in [3.05, 3.63) is 69.2 Å². The molecule has 2 aromatic heterocycles. The van der Waals surface area contributed by atoms with Crippen molar-refractivity contribution >= 4 is 34.6 Å². The number of thiophene rings is 1. The summed E-state index contributed by atoms with van der Waals surface area (Å²) >= 11 is 1.53. The van der Waals surface area contributed by atoms with Gasteiger partial charge in [-0.05, 0) is 49.6 Å². The third kappa shape index (κ3) is 5.04. The number of nitrogens with zero attached hydrogens (tertiary/aromatic N) is 2. The molecule has 3 aromatic rings. The van der Waals surface area contributed by atoms with Gasteiger partial charge in [0, 0.05) is 0 Å². The number of nitro groups is 1. The Balaban J connectivity index is 1.70. The van der Waals surface area contributed by atoms with Crippen LogP contribution in [-0.2, 0) is 9.53 Å². The van der Waals surface area contributed by atoms with Crippen LogP contribution in [-0.4, -0.2) is 35.0 Å². The molecule has 1 aromatic carbocycles. The molecular formula is C21H19N3O6S. The number of hydrogen-bond donors (Lipinski definition) is 1. The van der Waals surface area contributed by atoms with Crippen molar-refractivity contribution in [1.82, 2.24) is 4.98 Å². The Labute approximate surface area is 181 Å². The largest absolute Gasteiger partial charge is 0.496 e. The maximum atomic E-state index is 12.5. The van der Waals surface area contributed by atoms with Crippen LogP contribution in [0.1, 0.15) is 23.0 Å². The number of ether oxygens (including phenoxy) is 2. The normalized spacial score (nSPS) is 11.5. The first-order valence-electron chi connectivity index (χ1n) is 9.16. The quantitative estimate of drug-likeness (QED) is 0.331. The number of benzene rings is 1.